The first-order valence-corrected chi connectivity index (χ1v) is 9.19. The van der Waals surface area contributed by atoms with E-state index < -0.39 is 0 Å². The Morgan fingerprint density at radius 1 is 1.26 bits per heavy atom. The number of methoxy groups -OCH3 is 1. The number of hydrogen-bond donors (Lipinski definition) is 3. The zero-order chi connectivity index (χ0) is 19.2. The molecule has 1 aliphatic rings. The quantitative estimate of drug-likeness (QED) is 0.690. The van der Waals surface area contributed by atoms with Gasteiger partial charge in [0, 0.05) is 31.9 Å². The van der Waals surface area contributed by atoms with Gasteiger partial charge in [0.2, 0.25) is 5.91 Å². The Bertz CT molecular complexity index is 758. The molecule has 7 nitrogen and oxygen atoms in total. The molecule has 2 unspecified atom stereocenters. The number of benzene rings is 1. The lowest BCUT2D eigenvalue weighted by atomic mass is 10.1. The first kappa shape index (κ1) is 19.0. The van der Waals surface area contributed by atoms with Crippen LogP contribution in [0.25, 0.3) is 0 Å². The van der Waals surface area contributed by atoms with Gasteiger partial charge in [-0.1, -0.05) is 12.1 Å². The Labute approximate surface area is 159 Å². The molecule has 144 valence electrons. The lowest BCUT2D eigenvalue weighted by molar-refractivity contribution is -0.125. The second kappa shape index (κ2) is 8.73. The maximum atomic E-state index is 12.5. The molecule has 27 heavy (non-hydrogen) atoms. The molecule has 1 aromatic heterocycles. The van der Waals surface area contributed by atoms with Crippen LogP contribution in [0.1, 0.15) is 29.4 Å². The Morgan fingerprint density at radius 3 is 2.67 bits per heavy atom. The smallest absolute Gasteiger partial charge is 0.267 e. The molecule has 3 rings (SSSR count). The van der Waals surface area contributed by atoms with E-state index in [2.05, 4.69) is 20.5 Å². The SMILES string of the molecule is CCNC(=O)C1CC(NC(=O)c2ccc[nH]2)CN1Cc1ccc(OC)cc1. The minimum absolute atomic E-state index is 0.00244. The van der Waals surface area contributed by atoms with Crippen molar-refractivity contribution in [2.45, 2.75) is 32.0 Å². The number of aromatic nitrogens is 1. The van der Waals surface area contributed by atoms with E-state index in [9.17, 15) is 9.59 Å². The summed E-state index contributed by atoms with van der Waals surface area (Å²) in [7, 11) is 1.64. The monoisotopic (exact) mass is 370 g/mol. The molecule has 2 aromatic rings. The minimum Gasteiger partial charge on any atom is -0.497 e. The van der Waals surface area contributed by atoms with Crippen LogP contribution in [-0.2, 0) is 11.3 Å². The molecule has 0 bridgehead atoms. The number of amides is 2. The average molecular weight is 370 g/mol. The number of hydrogen-bond acceptors (Lipinski definition) is 4. The zero-order valence-electron chi connectivity index (χ0n) is 15.7. The predicted octanol–water partition coefficient (Wildman–Crippen LogP) is 1.53. The fraction of sp³-hybridized carbons (Fsp3) is 0.400. The van der Waals surface area contributed by atoms with Crippen molar-refractivity contribution in [3.8, 4) is 5.75 Å². The van der Waals surface area contributed by atoms with Crippen LogP contribution in [0.15, 0.2) is 42.6 Å². The summed E-state index contributed by atoms with van der Waals surface area (Å²) < 4.78 is 5.20. The third kappa shape index (κ3) is 4.68. The molecule has 0 saturated carbocycles. The molecule has 1 aromatic carbocycles. The summed E-state index contributed by atoms with van der Waals surface area (Å²) in [5.74, 6) is 0.658. The lowest BCUT2D eigenvalue weighted by Crippen LogP contribution is -2.42. The van der Waals surface area contributed by atoms with Gasteiger partial charge in [0.1, 0.15) is 11.4 Å². The molecule has 0 aliphatic carbocycles. The fourth-order valence-corrected chi connectivity index (χ4v) is 3.45. The van der Waals surface area contributed by atoms with Crippen LogP contribution in [0.4, 0.5) is 0 Å². The number of likely N-dealkylation sites (tertiary alicyclic amines) is 1. The van der Waals surface area contributed by atoms with Crippen molar-refractivity contribution >= 4 is 11.8 Å². The number of H-pyrrole nitrogens is 1. The summed E-state index contributed by atoms with van der Waals surface area (Å²) in [5.41, 5.74) is 1.62. The standard InChI is InChI=1S/C20H26N4O3/c1-3-21-20(26)18-11-15(23-19(25)17-5-4-10-22-17)13-24(18)12-14-6-8-16(27-2)9-7-14/h4-10,15,18,22H,3,11-13H2,1-2H3,(H,21,26)(H,23,25). The molecular weight excluding hydrogens is 344 g/mol. The van der Waals surface area contributed by atoms with Crippen molar-refractivity contribution in [1.29, 1.82) is 0 Å². The van der Waals surface area contributed by atoms with Gasteiger partial charge < -0.3 is 20.4 Å². The second-order valence-corrected chi connectivity index (χ2v) is 6.68. The summed E-state index contributed by atoms with van der Waals surface area (Å²) in [6.07, 6.45) is 2.31. The largest absolute Gasteiger partial charge is 0.497 e. The van der Waals surface area contributed by atoms with Crippen LogP contribution in [-0.4, -0.2) is 54.0 Å². The first-order valence-electron chi connectivity index (χ1n) is 9.19. The number of ether oxygens (including phenoxy) is 1. The van der Waals surface area contributed by atoms with Gasteiger partial charge in [-0.2, -0.15) is 0 Å². The molecule has 0 spiro atoms. The van der Waals surface area contributed by atoms with Gasteiger partial charge in [0.05, 0.1) is 13.2 Å². The van der Waals surface area contributed by atoms with E-state index in [4.69, 9.17) is 4.74 Å². The van der Waals surface area contributed by atoms with Crippen LogP contribution in [0, 0.1) is 0 Å². The fourth-order valence-electron chi connectivity index (χ4n) is 3.45. The normalized spacial score (nSPS) is 19.6. The second-order valence-electron chi connectivity index (χ2n) is 6.68. The van der Waals surface area contributed by atoms with Crippen LogP contribution in [0.2, 0.25) is 0 Å². The maximum Gasteiger partial charge on any atom is 0.267 e. The third-order valence-electron chi connectivity index (χ3n) is 4.78. The molecule has 2 heterocycles. The van der Waals surface area contributed by atoms with Gasteiger partial charge in [0.25, 0.3) is 5.91 Å². The summed E-state index contributed by atoms with van der Waals surface area (Å²) in [4.78, 5) is 29.9. The topological polar surface area (TPSA) is 86.5 Å². The van der Waals surface area contributed by atoms with Crippen LogP contribution in [0.3, 0.4) is 0 Å². The molecule has 0 radical (unpaired) electrons. The van der Waals surface area contributed by atoms with E-state index in [1.165, 1.54) is 0 Å². The van der Waals surface area contributed by atoms with E-state index >= 15 is 0 Å². The van der Waals surface area contributed by atoms with Gasteiger partial charge in [-0.25, -0.2) is 0 Å². The van der Waals surface area contributed by atoms with Crippen LogP contribution >= 0.6 is 0 Å². The molecule has 2 amide bonds. The minimum atomic E-state index is -0.263. The van der Waals surface area contributed by atoms with Gasteiger partial charge in [0.15, 0.2) is 0 Å². The van der Waals surface area contributed by atoms with Crippen molar-refractivity contribution in [2.24, 2.45) is 0 Å². The van der Waals surface area contributed by atoms with Gasteiger partial charge in [-0.05, 0) is 43.2 Å². The highest BCUT2D eigenvalue weighted by molar-refractivity contribution is 5.92. The van der Waals surface area contributed by atoms with E-state index in [1.807, 2.05) is 31.2 Å². The summed E-state index contributed by atoms with van der Waals surface area (Å²) >= 11 is 0. The molecule has 2 atom stereocenters. The highest BCUT2D eigenvalue weighted by Crippen LogP contribution is 2.22. The van der Waals surface area contributed by atoms with Crippen LogP contribution in [0.5, 0.6) is 5.75 Å². The van der Waals surface area contributed by atoms with E-state index in [0.29, 0.717) is 31.7 Å². The number of rotatable bonds is 7. The number of nitrogens with zero attached hydrogens (tertiary/aromatic N) is 1. The van der Waals surface area contributed by atoms with Crippen molar-refractivity contribution in [3.05, 3.63) is 53.9 Å². The first-order chi connectivity index (χ1) is 13.1. The molecule has 3 N–H and O–H groups in total. The average Bonchev–Trinajstić information content (AvgIpc) is 3.33. The molecular formula is C20H26N4O3. The number of carbonyl (C=O) groups is 2. The number of carbonyl (C=O) groups excluding carboxylic acids is 2. The summed E-state index contributed by atoms with van der Waals surface area (Å²) in [6.45, 7) is 3.76. The van der Waals surface area contributed by atoms with E-state index in [-0.39, 0.29) is 23.9 Å². The highest BCUT2D eigenvalue weighted by atomic mass is 16.5. The van der Waals surface area contributed by atoms with Crippen molar-refractivity contribution in [2.75, 3.05) is 20.2 Å². The summed E-state index contributed by atoms with van der Waals surface area (Å²) in [6, 6.07) is 11.0. The number of nitrogens with one attached hydrogen (secondary N) is 3. The molecule has 7 heteroatoms. The van der Waals surface area contributed by atoms with E-state index in [0.717, 1.165) is 11.3 Å². The van der Waals surface area contributed by atoms with Crippen molar-refractivity contribution in [3.63, 3.8) is 0 Å². The highest BCUT2D eigenvalue weighted by Gasteiger charge is 2.37. The Morgan fingerprint density at radius 2 is 2.04 bits per heavy atom. The zero-order valence-corrected chi connectivity index (χ0v) is 15.7. The van der Waals surface area contributed by atoms with E-state index in [1.54, 1.807) is 25.4 Å². The van der Waals surface area contributed by atoms with Crippen LogP contribution < -0.4 is 15.4 Å². The van der Waals surface area contributed by atoms with Gasteiger partial charge >= 0.3 is 0 Å². The maximum absolute atomic E-state index is 12.5. The third-order valence-corrected chi connectivity index (χ3v) is 4.78. The Kier molecular flexibility index (Phi) is 6.13. The number of likely N-dealkylation sites (N-methyl/N-ethyl adjacent to an activating group) is 1. The van der Waals surface area contributed by atoms with Gasteiger partial charge in [-0.3, -0.25) is 14.5 Å². The molecule has 1 fully saturated rings. The summed E-state index contributed by atoms with van der Waals surface area (Å²) in [5, 5.41) is 5.93. The van der Waals surface area contributed by atoms with Crippen molar-refractivity contribution < 1.29 is 14.3 Å². The predicted molar refractivity (Wildman–Crippen MR) is 103 cm³/mol. The number of aromatic amines is 1. The Balaban J connectivity index is 1.68. The van der Waals surface area contributed by atoms with Crippen molar-refractivity contribution in [1.82, 2.24) is 20.5 Å². The Hall–Kier alpha value is -2.80. The molecule has 1 saturated heterocycles. The molecule has 1 aliphatic heterocycles. The lowest BCUT2D eigenvalue weighted by Gasteiger charge is -2.23. The van der Waals surface area contributed by atoms with Gasteiger partial charge in [-0.15, -0.1) is 0 Å².